The lowest BCUT2D eigenvalue weighted by molar-refractivity contribution is -0.118. The zero-order valence-electron chi connectivity index (χ0n) is 9.67. The number of halogens is 2. The van der Waals surface area contributed by atoms with Crippen LogP contribution in [-0.2, 0) is 4.79 Å². The maximum absolute atomic E-state index is 12.0. The summed E-state index contributed by atoms with van der Waals surface area (Å²) in [4.78, 5) is 12.0. The van der Waals surface area contributed by atoms with E-state index in [1.54, 1.807) is 0 Å². The van der Waals surface area contributed by atoms with E-state index in [-0.39, 0.29) is 27.7 Å². The number of piperidine rings is 1. The van der Waals surface area contributed by atoms with E-state index in [1.165, 1.54) is 12.1 Å². The Hall–Kier alpha value is -0.970. The minimum Gasteiger partial charge on any atom is -0.505 e. The van der Waals surface area contributed by atoms with E-state index < -0.39 is 0 Å². The lowest BCUT2D eigenvalue weighted by Gasteiger charge is -2.22. The van der Waals surface area contributed by atoms with Crippen LogP contribution >= 0.6 is 23.2 Å². The third-order valence-electron chi connectivity index (χ3n) is 2.91. The van der Waals surface area contributed by atoms with Crippen LogP contribution in [0.5, 0.6) is 5.75 Å². The summed E-state index contributed by atoms with van der Waals surface area (Å²) >= 11 is 11.6. The maximum atomic E-state index is 12.0. The average Bonchev–Trinajstić information content (AvgIpc) is 2.37. The molecule has 98 valence electrons. The summed E-state index contributed by atoms with van der Waals surface area (Å²) < 4.78 is 0. The van der Waals surface area contributed by atoms with E-state index >= 15 is 0 Å². The van der Waals surface area contributed by atoms with Gasteiger partial charge < -0.3 is 15.7 Å². The van der Waals surface area contributed by atoms with Gasteiger partial charge in [0.15, 0.2) is 5.75 Å². The first-order chi connectivity index (χ1) is 8.58. The topological polar surface area (TPSA) is 61.4 Å². The second kappa shape index (κ2) is 5.78. The van der Waals surface area contributed by atoms with Crippen molar-refractivity contribution in [2.45, 2.75) is 25.3 Å². The van der Waals surface area contributed by atoms with Crippen molar-refractivity contribution in [2.75, 3.05) is 11.9 Å². The number of nitrogens with one attached hydrogen (secondary N) is 2. The molecule has 0 radical (unpaired) electrons. The van der Waals surface area contributed by atoms with Gasteiger partial charge in [0.1, 0.15) is 0 Å². The molecule has 1 aromatic carbocycles. The fourth-order valence-electron chi connectivity index (χ4n) is 1.94. The molecule has 1 aliphatic heterocycles. The molecule has 18 heavy (non-hydrogen) atoms. The molecule has 1 amide bonds. The summed E-state index contributed by atoms with van der Waals surface area (Å²) in [5.74, 6) is -0.278. The predicted molar refractivity (Wildman–Crippen MR) is 72.4 cm³/mol. The highest BCUT2D eigenvalue weighted by molar-refractivity contribution is 6.37. The van der Waals surface area contributed by atoms with Crippen molar-refractivity contribution in [3.05, 3.63) is 22.2 Å². The van der Waals surface area contributed by atoms with Gasteiger partial charge in [-0.15, -0.1) is 0 Å². The number of benzene rings is 1. The van der Waals surface area contributed by atoms with Crippen molar-refractivity contribution < 1.29 is 9.90 Å². The van der Waals surface area contributed by atoms with Crippen molar-refractivity contribution in [3.8, 4) is 5.75 Å². The SMILES string of the molecule is O=C(Nc1cc(Cl)c(O)c(Cl)c1)[C@@H]1CCCCN1. The van der Waals surface area contributed by atoms with Crippen LogP contribution in [0.3, 0.4) is 0 Å². The van der Waals surface area contributed by atoms with Crippen molar-refractivity contribution in [3.63, 3.8) is 0 Å². The molecule has 0 spiro atoms. The van der Waals surface area contributed by atoms with Crippen LogP contribution in [0.2, 0.25) is 10.0 Å². The van der Waals surface area contributed by atoms with Gasteiger partial charge in [-0.25, -0.2) is 0 Å². The van der Waals surface area contributed by atoms with Gasteiger partial charge >= 0.3 is 0 Å². The Bertz CT molecular complexity index is 436. The van der Waals surface area contributed by atoms with E-state index in [2.05, 4.69) is 10.6 Å². The van der Waals surface area contributed by atoms with Crippen LogP contribution in [0.25, 0.3) is 0 Å². The fourth-order valence-corrected chi connectivity index (χ4v) is 2.43. The Morgan fingerprint density at radius 3 is 2.56 bits per heavy atom. The van der Waals surface area contributed by atoms with E-state index in [1.807, 2.05) is 0 Å². The van der Waals surface area contributed by atoms with Gasteiger partial charge in [-0.3, -0.25) is 4.79 Å². The highest BCUT2D eigenvalue weighted by Crippen LogP contribution is 2.34. The van der Waals surface area contributed by atoms with E-state index in [0.29, 0.717) is 5.69 Å². The first-order valence-corrected chi connectivity index (χ1v) is 6.56. The number of aromatic hydroxyl groups is 1. The van der Waals surface area contributed by atoms with Crippen molar-refractivity contribution in [1.82, 2.24) is 5.32 Å². The molecule has 0 unspecified atom stereocenters. The molecule has 0 bridgehead atoms. The number of carbonyl (C=O) groups excluding carboxylic acids is 1. The van der Waals surface area contributed by atoms with Crippen LogP contribution in [-0.4, -0.2) is 23.6 Å². The minimum atomic E-state index is -0.176. The Kier molecular flexibility index (Phi) is 4.32. The molecule has 3 N–H and O–H groups in total. The standard InChI is InChI=1S/C12H14Cl2N2O2/c13-8-5-7(6-9(14)11(8)17)16-12(18)10-3-1-2-4-15-10/h5-6,10,15,17H,1-4H2,(H,16,18)/t10-/m0/s1. The number of phenols is 1. The van der Waals surface area contributed by atoms with Gasteiger partial charge in [0.2, 0.25) is 5.91 Å². The third kappa shape index (κ3) is 3.07. The molecule has 4 nitrogen and oxygen atoms in total. The Labute approximate surface area is 115 Å². The number of amides is 1. The third-order valence-corrected chi connectivity index (χ3v) is 3.49. The second-order valence-corrected chi connectivity index (χ2v) is 5.09. The molecule has 6 heteroatoms. The number of phenolic OH excluding ortho intramolecular Hbond substituents is 1. The molecule has 1 atom stereocenters. The van der Waals surface area contributed by atoms with Gasteiger partial charge in [0, 0.05) is 5.69 Å². The van der Waals surface area contributed by atoms with E-state index in [4.69, 9.17) is 23.2 Å². The predicted octanol–water partition coefficient (Wildman–Crippen LogP) is 2.78. The maximum Gasteiger partial charge on any atom is 0.241 e. The molecule has 2 rings (SSSR count). The van der Waals surface area contributed by atoms with Gasteiger partial charge in [0.25, 0.3) is 0 Å². The highest BCUT2D eigenvalue weighted by atomic mass is 35.5. The largest absolute Gasteiger partial charge is 0.505 e. The van der Waals surface area contributed by atoms with Crippen LogP contribution in [0.4, 0.5) is 5.69 Å². The quantitative estimate of drug-likeness (QED) is 0.734. The highest BCUT2D eigenvalue weighted by Gasteiger charge is 2.20. The van der Waals surface area contributed by atoms with Gasteiger partial charge in [-0.05, 0) is 31.5 Å². The molecular weight excluding hydrogens is 275 g/mol. The normalized spacial score (nSPS) is 19.6. The number of rotatable bonds is 2. The lowest BCUT2D eigenvalue weighted by atomic mass is 10.0. The molecule has 1 aromatic rings. The van der Waals surface area contributed by atoms with Gasteiger partial charge in [-0.2, -0.15) is 0 Å². The van der Waals surface area contributed by atoms with Crippen molar-refractivity contribution >= 4 is 34.8 Å². The molecule has 0 aromatic heterocycles. The van der Waals surface area contributed by atoms with Gasteiger partial charge in [0.05, 0.1) is 16.1 Å². The molecule has 1 aliphatic rings. The Morgan fingerprint density at radius 2 is 2.00 bits per heavy atom. The molecule has 1 fully saturated rings. The van der Waals surface area contributed by atoms with Crippen LogP contribution in [0.15, 0.2) is 12.1 Å². The van der Waals surface area contributed by atoms with Crippen molar-refractivity contribution in [1.29, 1.82) is 0 Å². The summed E-state index contributed by atoms with van der Waals surface area (Å²) in [5, 5.41) is 15.6. The van der Waals surface area contributed by atoms with E-state index in [9.17, 15) is 9.90 Å². The number of hydrogen-bond acceptors (Lipinski definition) is 3. The monoisotopic (exact) mass is 288 g/mol. The van der Waals surface area contributed by atoms with Gasteiger partial charge in [-0.1, -0.05) is 29.6 Å². The summed E-state index contributed by atoms with van der Waals surface area (Å²) in [5.41, 5.74) is 0.486. The zero-order valence-corrected chi connectivity index (χ0v) is 11.2. The minimum absolute atomic E-state index is 0.104. The van der Waals surface area contributed by atoms with Crippen LogP contribution in [0.1, 0.15) is 19.3 Å². The number of carbonyl (C=O) groups is 1. The smallest absolute Gasteiger partial charge is 0.241 e. The molecule has 0 saturated carbocycles. The van der Waals surface area contributed by atoms with Crippen LogP contribution < -0.4 is 10.6 Å². The van der Waals surface area contributed by atoms with E-state index in [0.717, 1.165) is 25.8 Å². The second-order valence-electron chi connectivity index (χ2n) is 4.28. The first kappa shape index (κ1) is 13.5. The van der Waals surface area contributed by atoms with Crippen LogP contribution in [0, 0.1) is 0 Å². The Balaban J connectivity index is 2.06. The first-order valence-electron chi connectivity index (χ1n) is 5.80. The summed E-state index contributed by atoms with van der Waals surface area (Å²) in [6.07, 6.45) is 2.97. The molecule has 1 saturated heterocycles. The molecule has 1 heterocycles. The summed E-state index contributed by atoms with van der Waals surface area (Å²) in [7, 11) is 0. The summed E-state index contributed by atoms with van der Waals surface area (Å²) in [6.45, 7) is 0.856. The fraction of sp³-hybridized carbons (Fsp3) is 0.417. The number of hydrogen-bond donors (Lipinski definition) is 3. The van der Waals surface area contributed by atoms with Crippen molar-refractivity contribution in [2.24, 2.45) is 0 Å². The lowest BCUT2D eigenvalue weighted by Crippen LogP contribution is -2.43. The summed E-state index contributed by atoms with van der Waals surface area (Å²) in [6, 6.07) is 2.78. The molecular formula is C12H14Cl2N2O2. The average molecular weight is 289 g/mol. The Morgan fingerprint density at radius 1 is 1.33 bits per heavy atom. The number of anilines is 1. The zero-order chi connectivity index (χ0) is 13.1. The molecule has 0 aliphatic carbocycles.